The van der Waals surface area contributed by atoms with E-state index in [0.29, 0.717) is 17.9 Å². The van der Waals surface area contributed by atoms with Gasteiger partial charge in [0, 0.05) is 30.7 Å². The Morgan fingerprint density at radius 2 is 2.04 bits per heavy atom. The van der Waals surface area contributed by atoms with Gasteiger partial charge in [-0.25, -0.2) is 4.79 Å². The topological polar surface area (TPSA) is 35.6 Å². The van der Waals surface area contributed by atoms with Crippen LogP contribution in [-0.2, 0) is 0 Å². The van der Waals surface area contributed by atoms with E-state index in [2.05, 4.69) is 47.3 Å². The van der Waals surface area contributed by atoms with Gasteiger partial charge in [-0.3, -0.25) is 4.90 Å². The molecule has 3 aliphatic rings. The summed E-state index contributed by atoms with van der Waals surface area (Å²) in [7, 11) is 2.19. The number of piperidine rings is 1. The number of rotatable bonds is 2. The fourth-order valence-corrected chi connectivity index (χ4v) is 4.88. The molecule has 1 aliphatic carbocycles. The smallest absolute Gasteiger partial charge is 0.322 e. The molecule has 0 radical (unpaired) electrons. The molecule has 4 nitrogen and oxygen atoms in total. The highest BCUT2D eigenvalue weighted by molar-refractivity contribution is 5.95. The number of carbonyl (C=O) groups excluding carboxylic acids is 1. The molecule has 4 heteroatoms. The maximum Gasteiger partial charge on any atom is 0.322 e. The maximum atomic E-state index is 13.0. The van der Waals surface area contributed by atoms with Crippen molar-refractivity contribution >= 4 is 11.7 Å². The number of carbonyl (C=O) groups is 1. The van der Waals surface area contributed by atoms with E-state index in [1.807, 2.05) is 0 Å². The zero-order valence-electron chi connectivity index (χ0n) is 14.9. The summed E-state index contributed by atoms with van der Waals surface area (Å²) >= 11 is 0. The summed E-state index contributed by atoms with van der Waals surface area (Å²) in [5.74, 6) is 1.14. The van der Waals surface area contributed by atoms with Crippen LogP contribution in [0.25, 0.3) is 0 Å². The molecule has 24 heavy (non-hydrogen) atoms. The van der Waals surface area contributed by atoms with Crippen LogP contribution < -0.4 is 10.2 Å². The Balaban J connectivity index is 1.56. The van der Waals surface area contributed by atoms with Gasteiger partial charge in [0.05, 0.1) is 0 Å². The first kappa shape index (κ1) is 15.9. The predicted molar refractivity (Wildman–Crippen MR) is 97.7 cm³/mol. The first-order valence-corrected chi connectivity index (χ1v) is 9.49. The van der Waals surface area contributed by atoms with Crippen LogP contribution in [0.5, 0.6) is 0 Å². The number of hydrogen-bond acceptors (Lipinski definition) is 2. The summed E-state index contributed by atoms with van der Waals surface area (Å²) in [4.78, 5) is 17.5. The first-order valence-electron chi connectivity index (χ1n) is 9.49. The van der Waals surface area contributed by atoms with Crippen molar-refractivity contribution in [3.63, 3.8) is 0 Å². The summed E-state index contributed by atoms with van der Waals surface area (Å²) in [6.45, 7) is 5.10. The second-order valence-electron chi connectivity index (χ2n) is 7.99. The molecule has 130 valence electrons. The minimum Gasteiger partial charge on any atom is -0.337 e. The van der Waals surface area contributed by atoms with Crippen molar-refractivity contribution in [1.29, 1.82) is 0 Å². The van der Waals surface area contributed by atoms with Gasteiger partial charge in [0.25, 0.3) is 0 Å². The van der Waals surface area contributed by atoms with E-state index in [0.717, 1.165) is 31.7 Å². The minimum absolute atomic E-state index is 0.115. The molecule has 2 heterocycles. The average Bonchev–Trinajstić information content (AvgIpc) is 3.18. The molecule has 1 saturated carbocycles. The number of fused-ring (bicyclic) bond motifs is 3. The van der Waals surface area contributed by atoms with Crippen LogP contribution >= 0.6 is 0 Å². The lowest BCUT2D eigenvalue weighted by atomic mass is 9.89. The van der Waals surface area contributed by atoms with Gasteiger partial charge in [-0.15, -0.1) is 0 Å². The molecule has 1 aromatic rings. The zero-order valence-corrected chi connectivity index (χ0v) is 14.9. The average molecular weight is 327 g/mol. The van der Waals surface area contributed by atoms with Gasteiger partial charge in [-0.1, -0.05) is 30.5 Å². The highest BCUT2D eigenvalue weighted by Crippen LogP contribution is 2.44. The number of nitrogens with zero attached hydrogens (tertiary/aromatic N) is 2. The molecule has 2 atom stereocenters. The molecular formula is C20H29N3O. The van der Waals surface area contributed by atoms with E-state index in [-0.39, 0.29) is 6.03 Å². The quantitative estimate of drug-likeness (QED) is 0.902. The summed E-state index contributed by atoms with van der Waals surface area (Å²) < 4.78 is 0. The van der Waals surface area contributed by atoms with Crippen LogP contribution in [0.4, 0.5) is 10.5 Å². The maximum absolute atomic E-state index is 13.0. The van der Waals surface area contributed by atoms with Gasteiger partial charge < -0.3 is 10.2 Å². The number of likely N-dealkylation sites (N-methyl/N-ethyl adjacent to an activating group) is 1. The Kier molecular flexibility index (Phi) is 4.25. The molecule has 2 fully saturated rings. The van der Waals surface area contributed by atoms with E-state index >= 15 is 0 Å². The van der Waals surface area contributed by atoms with Crippen molar-refractivity contribution in [3.05, 3.63) is 29.3 Å². The molecule has 1 N–H and O–H groups in total. The van der Waals surface area contributed by atoms with Gasteiger partial charge in [-0.2, -0.15) is 0 Å². The van der Waals surface area contributed by atoms with Gasteiger partial charge in [0.15, 0.2) is 0 Å². The van der Waals surface area contributed by atoms with Crippen molar-refractivity contribution < 1.29 is 4.79 Å². The molecule has 0 spiro atoms. The van der Waals surface area contributed by atoms with Crippen LogP contribution in [0.1, 0.15) is 49.1 Å². The molecule has 2 amide bonds. The number of likely N-dealkylation sites (tertiary alicyclic amines) is 1. The summed E-state index contributed by atoms with van der Waals surface area (Å²) in [5.41, 5.74) is 3.78. The predicted octanol–water partition coefficient (Wildman–Crippen LogP) is 3.50. The monoisotopic (exact) mass is 327 g/mol. The van der Waals surface area contributed by atoms with Gasteiger partial charge in [-0.05, 0) is 57.3 Å². The lowest BCUT2D eigenvalue weighted by Gasteiger charge is -2.36. The SMILES string of the molecule is Cc1ccc2c(c1)[C@H]1CN(C)CC[C@H]1N2C(=O)NCC1CCCC1. The fourth-order valence-electron chi connectivity index (χ4n) is 4.88. The van der Waals surface area contributed by atoms with Crippen molar-refractivity contribution in [3.8, 4) is 0 Å². The standard InChI is InChI=1S/C20H29N3O/c1-14-7-8-18-16(11-14)17-13-22(2)10-9-19(17)23(18)20(24)21-12-15-5-3-4-6-15/h7-8,11,15,17,19H,3-6,9-10,12-13H2,1-2H3,(H,21,24)/t17-,19-/m1/s1. The van der Waals surface area contributed by atoms with Crippen molar-refractivity contribution in [2.45, 2.75) is 51.0 Å². The lowest BCUT2D eigenvalue weighted by molar-refractivity contribution is 0.218. The molecule has 1 aromatic carbocycles. The third-order valence-electron chi connectivity index (χ3n) is 6.19. The van der Waals surface area contributed by atoms with E-state index in [4.69, 9.17) is 0 Å². The zero-order chi connectivity index (χ0) is 16.7. The van der Waals surface area contributed by atoms with Crippen LogP contribution in [0.3, 0.4) is 0 Å². The number of nitrogens with one attached hydrogen (secondary N) is 1. The third kappa shape index (κ3) is 2.81. The van der Waals surface area contributed by atoms with Crippen LogP contribution in [-0.4, -0.2) is 43.7 Å². The van der Waals surface area contributed by atoms with E-state index in [9.17, 15) is 4.79 Å². The van der Waals surface area contributed by atoms with Crippen molar-refractivity contribution in [2.75, 3.05) is 31.6 Å². The molecule has 0 unspecified atom stereocenters. The van der Waals surface area contributed by atoms with Gasteiger partial charge in [0.2, 0.25) is 0 Å². The lowest BCUT2D eigenvalue weighted by Crippen LogP contribution is -2.50. The number of urea groups is 1. The Hall–Kier alpha value is -1.55. The fraction of sp³-hybridized carbons (Fsp3) is 0.650. The molecule has 4 rings (SSSR count). The summed E-state index contributed by atoms with van der Waals surface area (Å²) in [6, 6.07) is 7.01. The highest BCUT2D eigenvalue weighted by atomic mass is 16.2. The first-order chi connectivity index (χ1) is 11.6. The third-order valence-corrected chi connectivity index (χ3v) is 6.19. The number of anilines is 1. The molecule has 0 aromatic heterocycles. The summed E-state index contributed by atoms with van der Waals surface area (Å²) in [5, 5.41) is 3.24. The van der Waals surface area contributed by atoms with Crippen molar-refractivity contribution in [1.82, 2.24) is 10.2 Å². The van der Waals surface area contributed by atoms with Gasteiger partial charge >= 0.3 is 6.03 Å². The second kappa shape index (κ2) is 6.40. The number of hydrogen-bond donors (Lipinski definition) is 1. The van der Waals surface area contributed by atoms with Crippen LogP contribution in [0, 0.1) is 12.8 Å². The molecular weight excluding hydrogens is 298 g/mol. The number of amides is 2. The largest absolute Gasteiger partial charge is 0.337 e. The Morgan fingerprint density at radius 1 is 1.25 bits per heavy atom. The molecule has 2 aliphatic heterocycles. The highest BCUT2D eigenvalue weighted by Gasteiger charge is 2.43. The van der Waals surface area contributed by atoms with Crippen LogP contribution in [0.15, 0.2) is 18.2 Å². The van der Waals surface area contributed by atoms with Gasteiger partial charge in [0.1, 0.15) is 0 Å². The Labute approximate surface area is 145 Å². The number of aryl methyl sites for hydroxylation is 1. The minimum atomic E-state index is 0.115. The second-order valence-corrected chi connectivity index (χ2v) is 7.99. The van der Waals surface area contributed by atoms with E-state index in [1.165, 1.54) is 36.8 Å². The Morgan fingerprint density at radius 3 is 2.83 bits per heavy atom. The van der Waals surface area contributed by atoms with E-state index < -0.39 is 0 Å². The Bertz CT molecular complexity index is 623. The normalized spacial score (nSPS) is 27.2. The molecule has 1 saturated heterocycles. The molecule has 0 bridgehead atoms. The number of benzene rings is 1. The van der Waals surface area contributed by atoms with Crippen LogP contribution in [0.2, 0.25) is 0 Å². The summed E-state index contributed by atoms with van der Waals surface area (Å²) in [6.07, 6.45) is 6.25. The van der Waals surface area contributed by atoms with Crippen molar-refractivity contribution in [2.24, 2.45) is 5.92 Å². The van der Waals surface area contributed by atoms with E-state index in [1.54, 1.807) is 0 Å².